The zero-order chi connectivity index (χ0) is 26.9. The van der Waals surface area contributed by atoms with Crippen molar-refractivity contribution in [2.24, 2.45) is 0 Å². The van der Waals surface area contributed by atoms with Crippen LogP contribution in [0.3, 0.4) is 0 Å². The molecule has 1 fully saturated rings. The van der Waals surface area contributed by atoms with E-state index in [9.17, 15) is 4.79 Å². The average molecular weight is 518 g/mol. The molecule has 1 aliphatic heterocycles. The largest absolute Gasteiger partial charge is 0.493 e. The van der Waals surface area contributed by atoms with Crippen molar-refractivity contribution in [1.29, 1.82) is 0 Å². The molecule has 5 rings (SSSR count). The fourth-order valence-corrected chi connectivity index (χ4v) is 7.13. The smallest absolute Gasteiger partial charge is 0.227 e. The summed E-state index contributed by atoms with van der Waals surface area (Å²) in [6.07, 6.45) is 9.04. The first-order valence-electron chi connectivity index (χ1n) is 14.2. The van der Waals surface area contributed by atoms with Crippen molar-refractivity contribution in [3.8, 4) is 11.5 Å². The molecule has 0 radical (unpaired) electrons. The number of benzene rings is 2. The normalized spacial score (nSPS) is 23.2. The molecule has 3 aromatic rings. The van der Waals surface area contributed by atoms with Gasteiger partial charge in [-0.25, -0.2) is 0 Å². The van der Waals surface area contributed by atoms with E-state index in [0.717, 1.165) is 44.2 Å². The molecule has 1 aliphatic carbocycles. The molecule has 6 heteroatoms. The predicted octanol–water partition coefficient (Wildman–Crippen LogP) is 6.07. The minimum absolute atomic E-state index is 0.187. The van der Waals surface area contributed by atoms with Crippen LogP contribution in [-0.4, -0.2) is 61.1 Å². The number of carbonyl (C=O) groups excluding carboxylic acids is 1. The third-order valence-electron chi connectivity index (χ3n) is 9.44. The Morgan fingerprint density at radius 3 is 2.45 bits per heavy atom. The molecule has 1 amide bonds. The second-order valence-corrected chi connectivity index (χ2v) is 11.4. The van der Waals surface area contributed by atoms with Gasteiger partial charge in [0.25, 0.3) is 0 Å². The standard InChI is InChI=1S/C32H43N3O3/c1-6-7-15-31(34(2)3)16-18-32(19-17-31)30-25(24-10-8-9-11-26(24)33-30)14-20-35(32)29(36)22-23-12-13-27(37-4)28(21-23)38-5/h8-13,21,33H,6-7,14-20,22H2,1-5H3. The van der Waals surface area contributed by atoms with Crippen molar-refractivity contribution in [2.75, 3.05) is 34.9 Å². The number of hydrogen-bond acceptors (Lipinski definition) is 4. The highest BCUT2D eigenvalue weighted by atomic mass is 16.5. The number of nitrogens with one attached hydrogen (secondary N) is 1. The van der Waals surface area contributed by atoms with Gasteiger partial charge < -0.3 is 24.3 Å². The Kier molecular flexibility index (Phi) is 7.45. The molecule has 0 atom stereocenters. The number of unbranched alkanes of at least 4 members (excludes halogenated alkanes) is 1. The van der Waals surface area contributed by atoms with E-state index in [1.165, 1.54) is 41.4 Å². The highest BCUT2D eigenvalue weighted by molar-refractivity contribution is 5.87. The molecule has 1 saturated carbocycles. The molecule has 204 valence electrons. The van der Waals surface area contributed by atoms with Gasteiger partial charge in [0.05, 0.1) is 26.2 Å². The van der Waals surface area contributed by atoms with Gasteiger partial charge in [0.1, 0.15) is 0 Å². The second kappa shape index (κ2) is 10.6. The highest BCUT2D eigenvalue weighted by Gasteiger charge is 2.52. The maximum Gasteiger partial charge on any atom is 0.227 e. The molecule has 2 aromatic carbocycles. The number of nitrogens with zero attached hydrogens (tertiary/aromatic N) is 2. The molecule has 0 unspecified atom stereocenters. The van der Waals surface area contributed by atoms with Gasteiger partial charge >= 0.3 is 0 Å². The topological polar surface area (TPSA) is 57.8 Å². The van der Waals surface area contributed by atoms with Crippen LogP contribution in [0.4, 0.5) is 0 Å². The number of ether oxygens (including phenoxy) is 2. The number of fused-ring (bicyclic) bond motifs is 4. The van der Waals surface area contributed by atoms with E-state index in [1.807, 2.05) is 18.2 Å². The molecule has 1 aromatic heterocycles. The third kappa shape index (κ3) is 4.47. The molecule has 1 spiro atoms. The van der Waals surface area contributed by atoms with Gasteiger partial charge in [-0.3, -0.25) is 4.79 Å². The molecule has 0 saturated heterocycles. The van der Waals surface area contributed by atoms with Crippen LogP contribution in [-0.2, 0) is 23.2 Å². The van der Waals surface area contributed by atoms with Crippen molar-refractivity contribution in [2.45, 2.75) is 75.8 Å². The zero-order valence-corrected chi connectivity index (χ0v) is 23.7. The van der Waals surface area contributed by atoms with Gasteiger partial charge in [0.15, 0.2) is 11.5 Å². The van der Waals surface area contributed by atoms with Gasteiger partial charge in [0.2, 0.25) is 5.91 Å². The summed E-state index contributed by atoms with van der Waals surface area (Å²) in [4.78, 5) is 22.6. The summed E-state index contributed by atoms with van der Waals surface area (Å²) in [6.45, 7) is 3.03. The number of amides is 1. The van der Waals surface area contributed by atoms with Gasteiger partial charge in [0, 0.05) is 28.7 Å². The van der Waals surface area contributed by atoms with Crippen LogP contribution >= 0.6 is 0 Å². The van der Waals surface area contributed by atoms with Crippen LogP contribution in [0.15, 0.2) is 42.5 Å². The van der Waals surface area contributed by atoms with Gasteiger partial charge in [-0.1, -0.05) is 44.0 Å². The lowest BCUT2D eigenvalue weighted by Crippen LogP contribution is -2.59. The number of methoxy groups -OCH3 is 2. The lowest BCUT2D eigenvalue weighted by Gasteiger charge is -2.55. The SMILES string of the molecule is CCCCC1(N(C)C)CCC2(CC1)c1[nH]c3ccccc3c1CCN2C(=O)Cc1ccc(OC)c(OC)c1. The Bertz CT molecular complexity index is 1290. The minimum atomic E-state index is -0.300. The number of H-pyrrole nitrogens is 1. The second-order valence-electron chi connectivity index (χ2n) is 11.4. The molecule has 0 bridgehead atoms. The quantitative estimate of drug-likeness (QED) is 0.394. The van der Waals surface area contributed by atoms with E-state index < -0.39 is 0 Å². The molecular weight excluding hydrogens is 474 g/mol. The Hall–Kier alpha value is -2.99. The molecular formula is C32H43N3O3. The number of para-hydroxylation sites is 1. The van der Waals surface area contributed by atoms with Crippen LogP contribution in [0.25, 0.3) is 10.9 Å². The summed E-state index contributed by atoms with van der Waals surface area (Å²) >= 11 is 0. The van der Waals surface area contributed by atoms with E-state index in [1.54, 1.807) is 14.2 Å². The van der Waals surface area contributed by atoms with Crippen molar-refractivity contribution in [1.82, 2.24) is 14.8 Å². The number of carbonyl (C=O) groups is 1. The number of aromatic nitrogens is 1. The third-order valence-corrected chi connectivity index (χ3v) is 9.44. The summed E-state index contributed by atoms with van der Waals surface area (Å²) in [5.41, 5.74) is 4.71. The van der Waals surface area contributed by atoms with Crippen molar-refractivity contribution < 1.29 is 14.3 Å². The highest BCUT2D eigenvalue weighted by Crippen LogP contribution is 2.52. The molecule has 38 heavy (non-hydrogen) atoms. The lowest BCUT2D eigenvalue weighted by atomic mass is 9.66. The van der Waals surface area contributed by atoms with Gasteiger partial charge in [-0.05, 0) is 81.9 Å². The Morgan fingerprint density at radius 1 is 1.03 bits per heavy atom. The summed E-state index contributed by atoms with van der Waals surface area (Å²) in [6, 6.07) is 14.4. The van der Waals surface area contributed by atoms with E-state index in [0.29, 0.717) is 17.9 Å². The Labute approximate surface area is 227 Å². The van der Waals surface area contributed by atoms with E-state index >= 15 is 0 Å². The van der Waals surface area contributed by atoms with Crippen LogP contribution in [0.1, 0.15) is 68.7 Å². The van der Waals surface area contributed by atoms with E-state index in [-0.39, 0.29) is 17.0 Å². The van der Waals surface area contributed by atoms with Gasteiger partial charge in [-0.15, -0.1) is 0 Å². The molecule has 2 heterocycles. The van der Waals surface area contributed by atoms with Crippen LogP contribution in [0, 0.1) is 0 Å². The first-order chi connectivity index (χ1) is 18.4. The molecule has 2 aliphatic rings. The Morgan fingerprint density at radius 2 is 1.76 bits per heavy atom. The summed E-state index contributed by atoms with van der Waals surface area (Å²) in [5.74, 6) is 1.53. The van der Waals surface area contributed by atoms with Crippen molar-refractivity contribution >= 4 is 16.8 Å². The van der Waals surface area contributed by atoms with Crippen molar-refractivity contribution in [3.63, 3.8) is 0 Å². The summed E-state index contributed by atoms with van der Waals surface area (Å²) < 4.78 is 10.9. The molecule has 6 nitrogen and oxygen atoms in total. The van der Waals surface area contributed by atoms with Gasteiger partial charge in [-0.2, -0.15) is 0 Å². The molecule has 1 N–H and O–H groups in total. The maximum absolute atomic E-state index is 14.1. The van der Waals surface area contributed by atoms with Crippen LogP contribution in [0.5, 0.6) is 11.5 Å². The average Bonchev–Trinajstić information content (AvgIpc) is 3.32. The minimum Gasteiger partial charge on any atom is -0.493 e. The first-order valence-corrected chi connectivity index (χ1v) is 14.2. The number of aromatic amines is 1. The number of hydrogen-bond donors (Lipinski definition) is 1. The fourth-order valence-electron chi connectivity index (χ4n) is 7.13. The van der Waals surface area contributed by atoms with Crippen LogP contribution in [0.2, 0.25) is 0 Å². The van der Waals surface area contributed by atoms with E-state index in [4.69, 9.17) is 9.47 Å². The Balaban J connectivity index is 1.51. The summed E-state index contributed by atoms with van der Waals surface area (Å²) in [7, 11) is 7.75. The monoisotopic (exact) mass is 517 g/mol. The summed E-state index contributed by atoms with van der Waals surface area (Å²) in [5, 5.41) is 1.31. The predicted molar refractivity (Wildman–Crippen MR) is 153 cm³/mol. The van der Waals surface area contributed by atoms with Crippen LogP contribution < -0.4 is 9.47 Å². The lowest BCUT2D eigenvalue weighted by molar-refractivity contribution is -0.142. The van der Waals surface area contributed by atoms with Crippen molar-refractivity contribution in [3.05, 3.63) is 59.3 Å². The number of rotatable bonds is 8. The maximum atomic E-state index is 14.1. The fraction of sp³-hybridized carbons (Fsp3) is 0.531. The first kappa shape index (κ1) is 26.6. The zero-order valence-electron chi connectivity index (χ0n) is 23.7. The van der Waals surface area contributed by atoms with E-state index in [2.05, 4.69) is 60.1 Å².